The molecule has 0 amide bonds. The third kappa shape index (κ3) is 16.0. The number of thiophene rings is 2. The van der Waals surface area contributed by atoms with E-state index in [0.29, 0.717) is 0 Å². The SMILES string of the molecule is CP(C)(=O)c1ccc(-c2ccc(-c3c4oc5ccccc5c4nc4c3oc3ccccc34)cc2)cc1.CP(C)(=O)c1ccc(-c2ccc(-c3c4oc5ccccc5c4nc4c3sc3ccccc34)cc2)cc1.CP(C)(=O)c1cccc(-c2ccc(-c3c4oc5ccccc5c4nc4c3oc3ccccc34)cc2)c1.CP(C)(=O)c1cccc(-c2ccc(-c3c4oc5ccccc5c4nc4c3sc3ccccc34)cc2)c1. The molecule has 144 heavy (non-hydrogen) atoms. The van der Waals surface area contributed by atoms with Gasteiger partial charge in [0.1, 0.15) is 95.2 Å². The molecule has 0 aliphatic rings. The van der Waals surface area contributed by atoms with Crippen LogP contribution in [0.2, 0.25) is 0 Å². The van der Waals surface area contributed by atoms with Crippen molar-refractivity contribution < 1.29 is 44.8 Å². The van der Waals surface area contributed by atoms with E-state index in [4.69, 9.17) is 46.4 Å². The zero-order valence-corrected chi connectivity index (χ0v) is 84.6. The topological polar surface area (TPSA) is 199 Å². The molecule has 0 radical (unpaired) electrons. The van der Waals surface area contributed by atoms with Gasteiger partial charge in [-0.2, -0.15) is 0 Å². The Morgan fingerprint density at radius 1 is 0.181 bits per heavy atom. The van der Waals surface area contributed by atoms with E-state index in [1.807, 2.05) is 220 Å². The van der Waals surface area contributed by atoms with Crippen LogP contribution in [0.15, 0.2) is 415 Å². The molecule has 0 fully saturated rings. The molecule has 0 atom stereocenters. The average Bonchev–Trinajstić information content (AvgIpc) is 1.58. The summed E-state index contributed by atoms with van der Waals surface area (Å²) in [5.41, 5.74) is 33.4. The summed E-state index contributed by atoms with van der Waals surface area (Å²) < 4.78 is 93.0. The lowest BCUT2D eigenvalue weighted by Crippen LogP contribution is -2.02. The normalized spacial score (nSPS) is 12.3. The highest BCUT2D eigenvalue weighted by atomic mass is 32.1. The van der Waals surface area contributed by atoms with Crippen LogP contribution in [-0.4, -0.2) is 73.3 Å². The quantitative estimate of drug-likeness (QED) is 0.105. The number of hydrogen-bond acceptors (Lipinski definition) is 16. The predicted octanol–water partition coefficient (Wildman–Crippen LogP) is 34.8. The maximum absolute atomic E-state index is 12.6. The molecule has 28 rings (SSSR count). The van der Waals surface area contributed by atoms with Crippen LogP contribution < -0.4 is 21.2 Å². The monoisotopic (exact) mass is 1980 g/mol. The van der Waals surface area contributed by atoms with Crippen LogP contribution in [0.3, 0.4) is 0 Å². The molecule has 0 aliphatic heterocycles. The van der Waals surface area contributed by atoms with E-state index in [2.05, 4.69) is 182 Å². The third-order valence-electron chi connectivity index (χ3n) is 27.2. The summed E-state index contributed by atoms with van der Waals surface area (Å²) in [6, 6.07) is 131. The van der Waals surface area contributed by atoms with Crippen molar-refractivity contribution in [3.8, 4) is 89.0 Å². The van der Waals surface area contributed by atoms with E-state index in [-0.39, 0.29) is 0 Å². The summed E-state index contributed by atoms with van der Waals surface area (Å²) in [5, 5.41) is 11.9. The average molecular weight is 1980 g/mol. The number of nitrogens with zero attached hydrogens (tertiary/aromatic N) is 4. The summed E-state index contributed by atoms with van der Waals surface area (Å²) in [4.78, 5) is 20.3. The first-order chi connectivity index (χ1) is 69.9. The molecule has 14 nitrogen and oxygen atoms in total. The van der Waals surface area contributed by atoms with Gasteiger partial charge in [-0.05, 0) is 217 Å². The maximum atomic E-state index is 12.6. The number of para-hydroxylation sites is 6. The fraction of sp³-hybridized carbons (Fsp3) is 0.0645. The lowest BCUT2D eigenvalue weighted by Gasteiger charge is -2.10. The van der Waals surface area contributed by atoms with Crippen molar-refractivity contribution in [1.82, 2.24) is 19.9 Å². The Morgan fingerprint density at radius 2 is 0.382 bits per heavy atom. The summed E-state index contributed by atoms with van der Waals surface area (Å²) in [7, 11) is -9.21. The predicted molar refractivity (Wildman–Crippen MR) is 606 cm³/mol. The summed E-state index contributed by atoms with van der Waals surface area (Å²) in [5.74, 6) is 0. The molecular formula is C124H88N4O10P4S2. The van der Waals surface area contributed by atoms with Gasteiger partial charge in [0.25, 0.3) is 0 Å². The summed E-state index contributed by atoms with van der Waals surface area (Å²) >= 11 is 3.52. The molecule has 12 aromatic heterocycles. The second-order valence-electron chi connectivity index (χ2n) is 38.1. The van der Waals surface area contributed by atoms with E-state index in [9.17, 15) is 18.3 Å². The standard InChI is InChI=1S/2C31H22NO3P.2C31H22NO2PS/c1-36(2,33)22-9-7-8-21(18-22)19-14-16-20(17-15-19)27-30-28(23-10-3-5-12-25(23)34-30)32-29-24-11-4-6-13-26(24)35-31(27)29;1-36(2,33)22-17-15-20(16-18-22)19-11-13-21(14-12-19)27-30-28(23-7-3-5-9-25(23)34-30)32-29-24-8-4-6-10-26(24)35-31(27)29;1-35(2,33)22-9-7-8-21(18-22)19-14-16-20(17-15-19)27-30-28(23-10-3-5-12-25(23)34-30)32-29-24-11-4-6-13-26(24)36-31(27)29;1-35(2,33)22-17-15-20(16-18-22)19-11-13-21(14-12-19)27-30-28(23-7-3-5-9-25(23)34-30)32-29-24-8-4-6-10-26(24)36-31(27)29/h4*3-18H,1-2H3. The first-order valence-electron chi connectivity index (χ1n) is 47.4. The third-order valence-corrected chi connectivity index (χ3v) is 35.7. The Kier molecular flexibility index (Phi) is 21.9. The molecule has 0 saturated heterocycles. The van der Waals surface area contributed by atoms with Crippen LogP contribution in [0, 0.1) is 0 Å². The second-order valence-corrected chi connectivity index (χ2v) is 53.0. The first-order valence-corrected chi connectivity index (χ1v) is 59.5. The molecule has 0 unspecified atom stereocenters. The van der Waals surface area contributed by atoms with Gasteiger partial charge in [-0.15, -0.1) is 22.7 Å². The van der Waals surface area contributed by atoms with Gasteiger partial charge in [-0.1, -0.05) is 291 Å². The van der Waals surface area contributed by atoms with Crippen molar-refractivity contribution in [3.05, 3.63) is 388 Å². The van der Waals surface area contributed by atoms with Gasteiger partial charge in [0.15, 0.2) is 33.5 Å². The van der Waals surface area contributed by atoms with E-state index >= 15 is 0 Å². The number of pyridine rings is 4. The molecule has 12 heterocycles. The highest BCUT2D eigenvalue weighted by Crippen LogP contribution is 2.52. The highest BCUT2D eigenvalue weighted by molar-refractivity contribution is 7.71. The van der Waals surface area contributed by atoms with Crippen LogP contribution >= 0.6 is 51.2 Å². The Labute approximate surface area is 834 Å². The van der Waals surface area contributed by atoms with Crippen LogP contribution in [0.5, 0.6) is 0 Å². The number of rotatable bonds is 12. The van der Waals surface area contributed by atoms with Gasteiger partial charge in [-0.25, -0.2) is 19.9 Å². The molecule has 0 spiro atoms. The van der Waals surface area contributed by atoms with E-state index in [1.165, 1.54) is 20.2 Å². The maximum Gasteiger partial charge on any atom is 0.165 e. The lowest BCUT2D eigenvalue weighted by molar-refractivity contribution is 0.587. The highest BCUT2D eigenvalue weighted by Gasteiger charge is 2.29. The number of furan rings is 6. The summed E-state index contributed by atoms with van der Waals surface area (Å²) in [6.45, 7) is 14.4. The molecule has 28 aromatic rings. The van der Waals surface area contributed by atoms with Gasteiger partial charge in [0.05, 0.1) is 31.6 Å². The molecule has 0 bridgehead atoms. The zero-order valence-electron chi connectivity index (χ0n) is 79.4. The second kappa shape index (κ2) is 35.2. The van der Waals surface area contributed by atoms with Crippen molar-refractivity contribution in [2.24, 2.45) is 0 Å². The molecule has 0 saturated carbocycles. The molecule has 16 aromatic carbocycles. The minimum Gasteiger partial charge on any atom is -0.454 e. The van der Waals surface area contributed by atoms with Crippen LogP contribution in [0.4, 0.5) is 0 Å². The number of hydrogen-bond donors (Lipinski definition) is 0. The van der Waals surface area contributed by atoms with Crippen molar-refractivity contribution in [1.29, 1.82) is 0 Å². The van der Waals surface area contributed by atoms with E-state index < -0.39 is 28.6 Å². The zero-order chi connectivity index (χ0) is 97.8. The number of benzene rings is 16. The number of aromatic nitrogens is 4. The molecule has 0 N–H and O–H groups in total. The first kappa shape index (κ1) is 89.6. The van der Waals surface area contributed by atoms with Crippen molar-refractivity contribution in [2.45, 2.75) is 0 Å². The molecule has 20 heteroatoms. The lowest BCUT2D eigenvalue weighted by atomic mass is 9.99. The Hall–Kier alpha value is -15.7. The van der Waals surface area contributed by atoms with Crippen LogP contribution in [0.1, 0.15) is 0 Å². The molecular weight excluding hydrogens is 1890 g/mol. The van der Waals surface area contributed by atoms with Gasteiger partial charge < -0.3 is 44.8 Å². The largest absolute Gasteiger partial charge is 0.454 e. The van der Waals surface area contributed by atoms with Crippen LogP contribution in [-0.2, 0) is 18.3 Å². The molecule has 696 valence electrons. The van der Waals surface area contributed by atoms with Crippen molar-refractivity contribution in [3.63, 3.8) is 0 Å². The fourth-order valence-electron chi connectivity index (χ4n) is 19.8. The number of fused-ring (bicyclic) bond motifs is 24. The fourth-order valence-corrected chi connectivity index (χ4v) is 25.7. The smallest absolute Gasteiger partial charge is 0.165 e. The van der Waals surface area contributed by atoms with Gasteiger partial charge >= 0.3 is 0 Å². The van der Waals surface area contributed by atoms with Crippen LogP contribution in [0.25, 0.3) is 262 Å². The minimum absolute atomic E-state index is 0.718. The van der Waals surface area contributed by atoms with Crippen molar-refractivity contribution in [2.75, 3.05) is 53.3 Å². The van der Waals surface area contributed by atoms with E-state index in [0.717, 1.165) is 263 Å². The van der Waals surface area contributed by atoms with Gasteiger partial charge in [0, 0.05) is 84.8 Å². The Bertz CT molecular complexity index is 9340. The van der Waals surface area contributed by atoms with Crippen molar-refractivity contribution >= 4 is 245 Å². The van der Waals surface area contributed by atoms with E-state index in [1.54, 1.807) is 62.7 Å². The Balaban J connectivity index is 0.000000101. The Morgan fingerprint density at radius 3 is 0.639 bits per heavy atom. The minimum atomic E-state index is -2.34. The summed E-state index contributed by atoms with van der Waals surface area (Å²) in [6.07, 6.45) is 0. The van der Waals surface area contributed by atoms with Gasteiger partial charge in [0.2, 0.25) is 0 Å². The molecule has 0 aliphatic carbocycles. The van der Waals surface area contributed by atoms with Gasteiger partial charge in [-0.3, -0.25) is 0 Å².